The van der Waals surface area contributed by atoms with Crippen LogP contribution in [-0.4, -0.2) is 73.3 Å². The highest BCUT2D eigenvalue weighted by atomic mass is 32.1. The average Bonchev–Trinajstić information content (AvgIpc) is 3.67. The summed E-state index contributed by atoms with van der Waals surface area (Å²) < 4.78 is 13.8. The fourth-order valence-electron chi connectivity index (χ4n) is 6.86. The van der Waals surface area contributed by atoms with Gasteiger partial charge in [-0.1, -0.05) is 27.7 Å². The molecule has 0 spiro atoms. The van der Waals surface area contributed by atoms with Crippen molar-refractivity contribution in [2.75, 3.05) is 13.2 Å². The van der Waals surface area contributed by atoms with Gasteiger partial charge in [-0.3, -0.25) is 19.6 Å². The number of aryl methyl sites for hydroxylation is 1. The summed E-state index contributed by atoms with van der Waals surface area (Å²) in [5, 5.41) is 6.78. The summed E-state index contributed by atoms with van der Waals surface area (Å²) in [6.45, 7) is 17.2. The largest absolute Gasteiger partial charge is 0.464 e. The van der Waals surface area contributed by atoms with Crippen LogP contribution in [0.5, 0.6) is 0 Å². The van der Waals surface area contributed by atoms with Crippen molar-refractivity contribution < 1.29 is 23.9 Å². The number of hydrogen-bond acceptors (Lipinski definition) is 10. The second kappa shape index (κ2) is 14.3. The molecule has 6 rings (SSSR count). The Morgan fingerprint density at radius 2 is 1.96 bits per heavy atom. The Balaban J connectivity index is 1.49. The number of nitrogens with one attached hydrogen (secondary N) is 2. The minimum absolute atomic E-state index is 0.132. The summed E-state index contributed by atoms with van der Waals surface area (Å²) in [4.78, 5) is 55.5. The van der Waals surface area contributed by atoms with E-state index < -0.39 is 35.2 Å². The smallest absolute Gasteiger partial charge is 0.408 e. The lowest BCUT2D eigenvalue weighted by Crippen LogP contribution is -2.60. The molecule has 2 atom stereocenters. The molecule has 51 heavy (non-hydrogen) atoms. The standard InChI is InChI=1S/C38H49N7O5S/c1-9-44-29-15-14-25-28-20-51-30(40-28)18-27(42-36(48)50-37(4,5)6)34(46)45-17-11-13-26(43-45)35(47)49-21-38(7,8)19-24(32(29)41-25)33(44)23-12-10-16-39-31(23)22(2)3/h10,12,14-16,20,22,26-27,43H,9,11,13,17-19,21H2,1-8H3,(H,42,48)/t26-,27-/m0/s1. The van der Waals surface area contributed by atoms with Crippen molar-refractivity contribution in [1.82, 2.24) is 35.3 Å². The van der Waals surface area contributed by atoms with Crippen molar-refractivity contribution in [2.45, 2.75) is 111 Å². The fourth-order valence-corrected chi connectivity index (χ4v) is 7.69. The summed E-state index contributed by atoms with van der Waals surface area (Å²) >= 11 is 1.40. The van der Waals surface area contributed by atoms with Crippen LogP contribution in [-0.2, 0) is 38.4 Å². The van der Waals surface area contributed by atoms with Crippen molar-refractivity contribution in [3.05, 3.63) is 52.1 Å². The zero-order valence-electron chi connectivity index (χ0n) is 30.8. The monoisotopic (exact) mass is 715 g/mol. The zero-order chi connectivity index (χ0) is 36.7. The highest BCUT2D eigenvalue weighted by molar-refractivity contribution is 7.10. The van der Waals surface area contributed by atoms with Gasteiger partial charge in [0.15, 0.2) is 0 Å². The first-order valence-corrected chi connectivity index (χ1v) is 18.7. The summed E-state index contributed by atoms with van der Waals surface area (Å²) in [6.07, 6.45) is 2.96. The highest BCUT2D eigenvalue weighted by Crippen LogP contribution is 2.40. The molecular formula is C38H49N7O5S. The quantitative estimate of drug-likeness (QED) is 0.229. The number of carbonyl (C=O) groups excluding carboxylic acids is 3. The molecule has 13 heteroatoms. The molecule has 4 aromatic rings. The Hall–Kier alpha value is -4.36. The maximum Gasteiger partial charge on any atom is 0.408 e. The molecule has 0 radical (unpaired) electrons. The van der Waals surface area contributed by atoms with Crippen LogP contribution in [0.4, 0.5) is 4.79 Å². The maximum absolute atomic E-state index is 14.0. The van der Waals surface area contributed by atoms with Crippen LogP contribution in [0.3, 0.4) is 0 Å². The van der Waals surface area contributed by atoms with Crippen LogP contribution in [0.15, 0.2) is 35.8 Å². The summed E-state index contributed by atoms with van der Waals surface area (Å²) in [5.41, 5.74) is 9.34. The van der Waals surface area contributed by atoms with Gasteiger partial charge in [0.2, 0.25) is 0 Å². The second-order valence-corrected chi connectivity index (χ2v) is 16.5. The molecule has 0 aliphatic carbocycles. The third-order valence-electron chi connectivity index (χ3n) is 9.14. The molecule has 272 valence electrons. The Morgan fingerprint density at radius 3 is 2.69 bits per heavy atom. The van der Waals surface area contributed by atoms with E-state index in [9.17, 15) is 14.4 Å². The number of ether oxygens (including phenoxy) is 2. The number of hydrogen-bond donors (Lipinski definition) is 2. The van der Waals surface area contributed by atoms with Crippen molar-refractivity contribution >= 4 is 40.3 Å². The van der Waals surface area contributed by atoms with Gasteiger partial charge < -0.3 is 19.4 Å². The summed E-state index contributed by atoms with van der Waals surface area (Å²) in [5.74, 6) is -0.607. The first-order chi connectivity index (χ1) is 24.1. The van der Waals surface area contributed by atoms with Crippen molar-refractivity contribution in [2.24, 2.45) is 5.41 Å². The molecule has 12 nitrogen and oxygen atoms in total. The number of cyclic esters (lactones) is 1. The number of amides is 2. The molecular weight excluding hydrogens is 667 g/mol. The van der Waals surface area contributed by atoms with E-state index in [0.29, 0.717) is 42.2 Å². The molecule has 2 amide bonds. The minimum atomic E-state index is -0.989. The third kappa shape index (κ3) is 7.94. The molecule has 6 bridgehead atoms. The van der Waals surface area contributed by atoms with Crippen molar-refractivity contribution in [1.29, 1.82) is 0 Å². The second-order valence-electron chi connectivity index (χ2n) is 15.5. The molecule has 4 aromatic heterocycles. The van der Waals surface area contributed by atoms with E-state index in [1.165, 1.54) is 16.3 Å². The zero-order valence-corrected chi connectivity index (χ0v) is 31.6. The SMILES string of the molecule is CCn1c(-c2cccnc2C(C)C)c2c3nc(ccc31)-c1csc(n1)C[C@H](NC(=O)OC(C)(C)C)C(=O)N1CCC[C@H](N1)C(=O)OCC(C)(C)C2. The van der Waals surface area contributed by atoms with E-state index in [0.717, 1.165) is 40.1 Å². The Labute approximate surface area is 303 Å². The van der Waals surface area contributed by atoms with Gasteiger partial charge in [0.05, 0.1) is 45.4 Å². The van der Waals surface area contributed by atoms with E-state index in [1.54, 1.807) is 20.8 Å². The number of nitrogens with zero attached hydrogens (tertiary/aromatic N) is 5. The maximum atomic E-state index is 14.0. The van der Waals surface area contributed by atoms with Crippen molar-refractivity contribution in [3.63, 3.8) is 0 Å². The number of thiazole rings is 1. The van der Waals surface area contributed by atoms with E-state index in [2.05, 4.69) is 62.1 Å². The predicted octanol–water partition coefficient (Wildman–Crippen LogP) is 6.42. The molecule has 1 saturated heterocycles. The van der Waals surface area contributed by atoms with Gasteiger partial charge in [0.25, 0.3) is 5.91 Å². The molecule has 1 fully saturated rings. The van der Waals surface area contributed by atoms with E-state index in [1.807, 2.05) is 23.7 Å². The van der Waals surface area contributed by atoms with E-state index in [4.69, 9.17) is 24.4 Å². The van der Waals surface area contributed by atoms with Crippen molar-refractivity contribution in [3.8, 4) is 22.6 Å². The van der Waals surface area contributed by atoms with Crippen LogP contribution in [0.2, 0.25) is 0 Å². The van der Waals surface area contributed by atoms with Crippen LogP contribution < -0.4 is 10.7 Å². The lowest BCUT2D eigenvalue weighted by Gasteiger charge is -2.35. The van der Waals surface area contributed by atoms with Gasteiger partial charge in [0, 0.05) is 47.6 Å². The molecule has 2 aliphatic heterocycles. The van der Waals surface area contributed by atoms with E-state index in [-0.39, 0.29) is 24.9 Å². The van der Waals surface area contributed by atoms with Gasteiger partial charge in [-0.05, 0) is 77.1 Å². The topological polar surface area (TPSA) is 141 Å². The number of carbonyl (C=O) groups is 3. The first kappa shape index (κ1) is 36.4. The Morgan fingerprint density at radius 1 is 1.18 bits per heavy atom. The van der Waals surface area contributed by atoms with Gasteiger partial charge in [0.1, 0.15) is 17.7 Å². The Kier molecular flexibility index (Phi) is 10.2. The van der Waals surface area contributed by atoms with E-state index >= 15 is 0 Å². The van der Waals surface area contributed by atoms with Gasteiger partial charge >= 0.3 is 12.1 Å². The molecule has 2 aliphatic rings. The number of fused-ring (bicyclic) bond motifs is 6. The van der Waals surface area contributed by atoms with Crippen LogP contribution >= 0.6 is 11.3 Å². The minimum Gasteiger partial charge on any atom is -0.464 e. The third-order valence-corrected chi connectivity index (χ3v) is 10.0. The molecule has 0 saturated carbocycles. The summed E-state index contributed by atoms with van der Waals surface area (Å²) in [7, 11) is 0. The van der Waals surface area contributed by atoms with Gasteiger partial charge in [-0.15, -0.1) is 11.3 Å². The highest BCUT2D eigenvalue weighted by Gasteiger charge is 2.36. The first-order valence-electron chi connectivity index (χ1n) is 17.8. The Bertz CT molecular complexity index is 1940. The average molecular weight is 716 g/mol. The summed E-state index contributed by atoms with van der Waals surface area (Å²) in [6, 6.07) is 6.49. The van der Waals surface area contributed by atoms with Gasteiger partial charge in [-0.2, -0.15) is 0 Å². The fraction of sp³-hybridized carbons (Fsp3) is 0.526. The van der Waals surface area contributed by atoms with Crippen LogP contribution in [0.1, 0.15) is 90.4 Å². The number of hydrazine groups is 1. The lowest BCUT2D eigenvalue weighted by molar-refractivity contribution is -0.155. The number of aromatic nitrogens is 4. The van der Waals surface area contributed by atoms with Gasteiger partial charge in [-0.25, -0.2) is 20.2 Å². The number of esters is 1. The molecule has 6 heterocycles. The molecule has 0 unspecified atom stereocenters. The predicted molar refractivity (Wildman–Crippen MR) is 197 cm³/mol. The number of rotatable bonds is 4. The molecule has 0 aromatic carbocycles. The van der Waals surface area contributed by atoms with Crippen LogP contribution in [0.25, 0.3) is 33.7 Å². The number of pyridine rings is 2. The number of alkyl carbamates (subject to hydrolysis) is 1. The normalized spacial score (nSPS) is 19.9. The molecule has 2 N–H and O–H groups in total. The van der Waals surface area contributed by atoms with Crippen LogP contribution in [0, 0.1) is 5.41 Å². The lowest BCUT2D eigenvalue weighted by atomic mass is 9.84.